The van der Waals surface area contributed by atoms with Crippen LogP contribution in [-0.4, -0.2) is 18.4 Å². The quantitative estimate of drug-likeness (QED) is 0.785. The predicted octanol–water partition coefficient (Wildman–Crippen LogP) is 4.49. The van der Waals surface area contributed by atoms with Gasteiger partial charge in [-0.25, -0.2) is 0 Å². The van der Waals surface area contributed by atoms with Crippen LogP contribution in [0, 0.1) is 13.8 Å². The van der Waals surface area contributed by atoms with E-state index in [4.69, 9.17) is 0 Å². The number of benzene rings is 2. The summed E-state index contributed by atoms with van der Waals surface area (Å²) in [5.41, 5.74) is 5.38. The highest BCUT2D eigenvalue weighted by atomic mass is 16.2. The number of carbonyl (C=O) groups excluding carboxylic acids is 2. The van der Waals surface area contributed by atoms with E-state index < -0.39 is 0 Å². The van der Waals surface area contributed by atoms with E-state index >= 15 is 0 Å². The van der Waals surface area contributed by atoms with Gasteiger partial charge in [0.05, 0.1) is 0 Å². The highest BCUT2D eigenvalue weighted by molar-refractivity contribution is 5.94. The van der Waals surface area contributed by atoms with Crippen LogP contribution < -0.4 is 10.2 Å². The summed E-state index contributed by atoms with van der Waals surface area (Å²) < 4.78 is 0. The molecule has 0 aliphatic carbocycles. The molecule has 0 atom stereocenters. The Morgan fingerprint density at radius 3 is 2.30 bits per heavy atom. The Balaban J connectivity index is 2.06. The van der Waals surface area contributed by atoms with E-state index in [0.717, 1.165) is 27.9 Å². The van der Waals surface area contributed by atoms with Crippen LogP contribution in [0.1, 0.15) is 55.4 Å². The number of carbonyl (C=O) groups is 2. The fourth-order valence-corrected chi connectivity index (χ4v) is 3.25. The first-order valence-electron chi connectivity index (χ1n) is 9.50. The number of nitrogens with zero attached hydrogens (tertiary/aromatic N) is 1. The Bertz CT molecular complexity index is 812. The maximum absolute atomic E-state index is 12.3. The minimum absolute atomic E-state index is 0.0436. The number of anilines is 1. The molecule has 0 fully saturated rings. The number of rotatable bonds is 7. The topological polar surface area (TPSA) is 49.4 Å². The largest absolute Gasteiger partial charge is 0.352 e. The molecule has 4 nitrogen and oxygen atoms in total. The van der Waals surface area contributed by atoms with E-state index in [-0.39, 0.29) is 18.2 Å². The summed E-state index contributed by atoms with van der Waals surface area (Å²) >= 11 is 0. The molecular weight excluding hydrogens is 336 g/mol. The zero-order chi connectivity index (χ0) is 20.0. The maximum Gasteiger partial charge on any atom is 0.223 e. The van der Waals surface area contributed by atoms with E-state index in [9.17, 15) is 9.59 Å². The van der Waals surface area contributed by atoms with Gasteiger partial charge in [0.25, 0.3) is 0 Å². The van der Waals surface area contributed by atoms with Crippen LogP contribution in [0.5, 0.6) is 0 Å². The van der Waals surface area contributed by atoms with Crippen molar-refractivity contribution in [2.75, 3.05) is 11.4 Å². The van der Waals surface area contributed by atoms with Gasteiger partial charge in [-0.3, -0.25) is 9.59 Å². The standard InChI is InChI=1S/C23H30N2O2/c1-16(2)21-12-8-10-18(4)23(21)25(19(5)26)14-13-22(27)24-15-20-11-7-6-9-17(20)3/h6-12,16H,13-15H2,1-5H3,(H,24,27). The summed E-state index contributed by atoms with van der Waals surface area (Å²) in [5, 5.41) is 2.96. The van der Waals surface area contributed by atoms with Crippen LogP contribution in [-0.2, 0) is 16.1 Å². The van der Waals surface area contributed by atoms with Crippen molar-refractivity contribution in [2.24, 2.45) is 0 Å². The number of aryl methyl sites for hydroxylation is 2. The van der Waals surface area contributed by atoms with Gasteiger partial charge in [0, 0.05) is 32.1 Å². The van der Waals surface area contributed by atoms with Gasteiger partial charge in [-0.1, -0.05) is 56.3 Å². The van der Waals surface area contributed by atoms with Crippen LogP contribution in [0.25, 0.3) is 0 Å². The molecule has 0 radical (unpaired) electrons. The molecule has 27 heavy (non-hydrogen) atoms. The molecule has 0 aliphatic heterocycles. The molecule has 2 rings (SSSR count). The molecule has 2 aromatic rings. The summed E-state index contributed by atoms with van der Waals surface area (Å²) in [6, 6.07) is 14.1. The second-order valence-electron chi connectivity index (χ2n) is 7.29. The SMILES string of the molecule is CC(=O)N(CCC(=O)NCc1ccccc1C)c1c(C)cccc1C(C)C. The fraction of sp³-hybridized carbons (Fsp3) is 0.391. The molecule has 0 bridgehead atoms. The summed E-state index contributed by atoms with van der Waals surface area (Å²) in [6.45, 7) is 10.7. The van der Waals surface area contributed by atoms with Gasteiger partial charge < -0.3 is 10.2 Å². The van der Waals surface area contributed by atoms with Gasteiger partial charge in [0.1, 0.15) is 0 Å². The first-order chi connectivity index (χ1) is 12.8. The molecule has 1 N–H and O–H groups in total. The third-order valence-electron chi connectivity index (χ3n) is 4.84. The molecule has 144 valence electrons. The van der Waals surface area contributed by atoms with Crippen molar-refractivity contribution >= 4 is 17.5 Å². The zero-order valence-electron chi connectivity index (χ0n) is 17.0. The Labute approximate surface area is 162 Å². The summed E-state index contributed by atoms with van der Waals surface area (Å²) in [4.78, 5) is 26.4. The fourth-order valence-electron chi connectivity index (χ4n) is 3.25. The molecule has 0 aliphatic rings. The molecule has 4 heteroatoms. The van der Waals surface area contributed by atoms with Crippen molar-refractivity contribution in [3.05, 3.63) is 64.7 Å². The molecule has 0 saturated carbocycles. The van der Waals surface area contributed by atoms with Crippen LogP contribution in [0.4, 0.5) is 5.69 Å². The predicted molar refractivity (Wildman–Crippen MR) is 111 cm³/mol. The third-order valence-corrected chi connectivity index (χ3v) is 4.84. The van der Waals surface area contributed by atoms with Crippen molar-refractivity contribution in [1.82, 2.24) is 5.32 Å². The first-order valence-corrected chi connectivity index (χ1v) is 9.50. The van der Waals surface area contributed by atoms with Crippen LogP contribution in [0.3, 0.4) is 0 Å². The number of para-hydroxylation sites is 1. The lowest BCUT2D eigenvalue weighted by Crippen LogP contribution is -2.35. The Kier molecular flexibility index (Phi) is 7.17. The second-order valence-corrected chi connectivity index (χ2v) is 7.29. The van der Waals surface area contributed by atoms with Crippen molar-refractivity contribution < 1.29 is 9.59 Å². The van der Waals surface area contributed by atoms with Gasteiger partial charge in [-0.15, -0.1) is 0 Å². The summed E-state index contributed by atoms with van der Waals surface area (Å²) in [7, 11) is 0. The number of nitrogens with one attached hydrogen (secondary N) is 1. The van der Waals surface area contributed by atoms with Gasteiger partial charge in [0.15, 0.2) is 0 Å². The summed E-state index contributed by atoms with van der Waals surface area (Å²) in [5.74, 6) is 0.207. The summed E-state index contributed by atoms with van der Waals surface area (Å²) in [6.07, 6.45) is 0.275. The van der Waals surface area contributed by atoms with Gasteiger partial charge >= 0.3 is 0 Å². The van der Waals surface area contributed by atoms with Crippen molar-refractivity contribution in [3.8, 4) is 0 Å². The molecule has 0 unspecified atom stereocenters. The van der Waals surface area contributed by atoms with Gasteiger partial charge in [-0.05, 0) is 42.0 Å². The Morgan fingerprint density at radius 1 is 1.00 bits per heavy atom. The molecule has 0 saturated heterocycles. The molecule has 2 aromatic carbocycles. The van der Waals surface area contributed by atoms with E-state index in [0.29, 0.717) is 19.0 Å². The van der Waals surface area contributed by atoms with Crippen molar-refractivity contribution in [3.63, 3.8) is 0 Å². The highest BCUT2D eigenvalue weighted by Crippen LogP contribution is 2.31. The lowest BCUT2D eigenvalue weighted by molar-refractivity contribution is -0.121. The highest BCUT2D eigenvalue weighted by Gasteiger charge is 2.20. The van der Waals surface area contributed by atoms with Crippen LogP contribution >= 0.6 is 0 Å². The van der Waals surface area contributed by atoms with Gasteiger partial charge in [0.2, 0.25) is 11.8 Å². The van der Waals surface area contributed by atoms with Crippen LogP contribution in [0.15, 0.2) is 42.5 Å². The Hall–Kier alpha value is -2.62. The monoisotopic (exact) mass is 366 g/mol. The minimum Gasteiger partial charge on any atom is -0.352 e. The van der Waals surface area contributed by atoms with Gasteiger partial charge in [-0.2, -0.15) is 0 Å². The second kappa shape index (κ2) is 9.36. The average molecular weight is 367 g/mol. The first kappa shape index (κ1) is 20.7. The Morgan fingerprint density at radius 2 is 1.67 bits per heavy atom. The lowest BCUT2D eigenvalue weighted by atomic mass is 9.97. The average Bonchev–Trinajstić information content (AvgIpc) is 2.61. The third kappa shape index (κ3) is 5.43. The zero-order valence-corrected chi connectivity index (χ0v) is 17.0. The normalized spacial score (nSPS) is 10.7. The van der Waals surface area contributed by atoms with E-state index in [2.05, 4.69) is 25.2 Å². The number of amides is 2. The lowest BCUT2D eigenvalue weighted by Gasteiger charge is -2.27. The van der Waals surface area contributed by atoms with E-state index in [1.807, 2.05) is 50.2 Å². The smallest absolute Gasteiger partial charge is 0.223 e. The van der Waals surface area contributed by atoms with Crippen molar-refractivity contribution in [2.45, 2.75) is 53.5 Å². The maximum atomic E-state index is 12.3. The molecule has 2 amide bonds. The molecule has 0 aromatic heterocycles. The number of hydrogen-bond donors (Lipinski definition) is 1. The van der Waals surface area contributed by atoms with Crippen LogP contribution in [0.2, 0.25) is 0 Å². The molecule has 0 spiro atoms. The molecule has 0 heterocycles. The van der Waals surface area contributed by atoms with E-state index in [1.54, 1.807) is 11.8 Å². The van der Waals surface area contributed by atoms with E-state index in [1.165, 1.54) is 0 Å². The molecular formula is C23H30N2O2. The number of hydrogen-bond acceptors (Lipinski definition) is 2. The van der Waals surface area contributed by atoms with Crippen molar-refractivity contribution in [1.29, 1.82) is 0 Å². The minimum atomic E-state index is -0.0517.